The average molecular weight is 290 g/mol. The third kappa shape index (κ3) is 2.89. The number of rotatable bonds is 3. The lowest BCUT2D eigenvalue weighted by molar-refractivity contribution is -0.117. The molecule has 1 aromatic rings. The highest BCUT2D eigenvalue weighted by molar-refractivity contribution is 5.96. The summed E-state index contributed by atoms with van der Waals surface area (Å²) in [6.45, 7) is 6.13. The van der Waals surface area contributed by atoms with Crippen LogP contribution in [0, 0.1) is 12.8 Å². The van der Waals surface area contributed by atoms with Gasteiger partial charge >= 0.3 is 0 Å². The number of carbonyl (C=O) groups is 1. The van der Waals surface area contributed by atoms with E-state index in [0.717, 1.165) is 32.0 Å². The number of nitrogens with zero attached hydrogens (tertiary/aromatic N) is 2. The SMILES string of the molecule is Cc1cc(N2CC(CO)CC2=O)ccc1N1CCOCC1. The Morgan fingerprint density at radius 1 is 1.33 bits per heavy atom. The average Bonchev–Trinajstić information content (AvgIpc) is 2.89. The minimum absolute atomic E-state index is 0.0664. The van der Waals surface area contributed by atoms with Crippen LogP contribution in [0.15, 0.2) is 18.2 Å². The molecule has 2 aliphatic rings. The maximum Gasteiger partial charge on any atom is 0.227 e. The van der Waals surface area contributed by atoms with Crippen LogP contribution in [0.1, 0.15) is 12.0 Å². The largest absolute Gasteiger partial charge is 0.396 e. The van der Waals surface area contributed by atoms with Gasteiger partial charge in [0.2, 0.25) is 5.91 Å². The first-order valence-corrected chi connectivity index (χ1v) is 7.53. The Hall–Kier alpha value is -1.59. The summed E-state index contributed by atoms with van der Waals surface area (Å²) < 4.78 is 5.39. The second kappa shape index (κ2) is 6.03. The molecule has 2 heterocycles. The number of aliphatic hydroxyl groups is 1. The number of amides is 1. The molecule has 0 aromatic heterocycles. The van der Waals surface area contributed by atoms with Gasteiger partial charge in [-0.25, -0.2) is 0 Å². The Kier molecular flexibility index (Phi) is 4.12. The minimum Gasteiger partial charge on any atom is -0.396 e. The summed E-state index contributed by atoms with van der Waals surface area (Å²) in [5, 5.41) is 9.22. The van der Waals surface area contributed by atoms with Crippen molar-refractivity contribution in [2.24, 2.45) is 5.92 Å². The van der Waals surface area contributed by atoms with Crippen LogP contribution in [0.5, 0.6) is 0 Å². The maximum absolute atomic E-state index is 12.0. The molecule has 0 radical (unpaired) electrons. The highest BCUT2D eigenvalue weighted by Gasteiger charge is 2.30. The molecular weight excluding hydrogens is 268 g/mol. The van der Waals surface area contributed by atoms with E-state index in [1.807, 2.05) is 6.07 Å². The fourth-order valence-corrected chi connectivity index (χ4v) is 3.12. The lowest BCUT2D eigenvalue weighted by Crippen LogP contribution is -2.36. The third-order valence-electron chi connectivity index (χ3n) is 4.31. The summed E-state index contributed by atoms with van der Waals surface area (Å²) in [6.07, 6.45) is 0.445. The fourth-order valence-electron chi connectivity index (χ4n) is 3.12. The van der Waals surface area contributed by atoms with Crippen LogP contribution < -0.4 is 9.80 Å². The van der Waals surface area contributed by atoms with E-state index in [2.05, 4.69) is 24.0 Å². The van der Waals surface area contributed by atoms with Crippen molar-refractivity contribution in [3.63, 3.8) is 0 Å². The number of anilines is 2. The van der Waals surface area contributed by atoms with Crippen LogP contribution in [-0.2, 0) is 9.53 Å². The number of carbonyl (C=O) groups excluding carboxylic acids is 1. The molecule has 0 saturated carbocycles. The second-order valence-corrected chi connectivity index (χ2v) is 5.83. The standard InChI is InChI=1S/C16H22N2O3/c1-12-8-14(18-10-13(11-19)9-16(18)20)2-3-15(12)17-4-6-21-7-5-17/h2-3,8,13,19H,4-7,9-11H2,1H3. The first-order chi connectivity index (χ1) is 10.2. The van der Waals surface area contributed by atoms with Crippen molar-refractivity contribution in [1.82, 2.24) is 0 Å². The highest BCUT2D eigenvalue weighted by Crippen LogP contribution is 2.30. The van der Waals surface area contributed by atoms with Crippen LogP contribution in [0.2, 0.25) is 0 Å². The van der Waals surface area contributed by atoms with Crippen LogP contribution >= 0.6 is 0 Å². The van der Waals surface area contributed by atoms with E-state index in [1.165, 1.54) is 11.3 Å². The number of morpholine rings is 1. The Bertz CT molecular complexity index is 526. The van der Waals surface area contributed by atoms with Gasteiger partial charge in [-0.05, 0) is 30.7 Å². The molecular formula is C16H22N2O3. The molecule has 5 nitrogen and oxygen atoms in total. The molecule has 0 aliphatic carbocycles. The molecule has 0 spiro atoms. The Morgan fingerprint density at radius 3 is 2.71 bits per heavy atom. The third-order valence-corrected chi connectivity index (χ3v) is 4.31. The molecule has 5 heteroatoms. The first kappa shape index (κ1) is 14.4. The fraction of sp³-hybridized carbons (Fsp3) is 0.562. The number of benzene rings is 1. The van der Waals surface area contributed by atoms with Gasteiger partial charge in [0.15, 0.2) is 0 Å². The van der Waals surface area contributed by atoms with Gasteiger partial charge in [-0.2, -0.15) is 0 Å². The molecule has 114 valence electrons. The van der Waals surface area contributed by atoms with E-state index >= 15 is 0 Å². The smallest absolute Gasteiger partial charge is 0.227 e. The quantitative estimate of drug-likeness (QED) is 0.908. The van der Waals surface area contributed by atoms with E-state index in [4.69, 9.17) is 4.74 Å². The van der Waals surface area contributed by atoms with Gasteiger partial charge in [-0.15, -0.1) is 0 Å². The molecule has 21 heavy (non-hydrogen) atoms. The minimum atomic E-state index is 0.0664. The molecule has 1 amide bonds. The summed E-state index contributed by atoms with van der Waals surface area (Å²) >= 11 is 0. The van der Waals surface area contributed by atoms with Crippen molar-refractivity contribution in [3.8, 4) is 0 Å². The van der Waals surface area contributed by atoms with Crippen molar-refractivity contribution in [1.29, 1.82) is 0 Å². The zero-order valence-electron chi connectivity index (χ0n) is 12.4. The maximum atomic E-state index is 12.0. The molecule has 3 rings (SSSR count). The van der Waals surface area contributed by atoms with Crippen molar-refractivity contribution >= 4 is 17.3 Å². The molecule has 2 fully saturated rings. The zero-order valence-corrected chi connectivity index (χ0v) is 12.4. The van der Waals surface area contributed by atoms with Crippen molar-refractivity contribution in [3.05, 3.63) is 23.8 Å². The highest BCUT2D eigenvalue weighted by atomic mass is 16.5. The second-order valence-electron chi connectivity index (χ2n) is 5.83. The summed E-state index contributed by atoms with van der Waals surface area (Å²) in [7, 11) is 0. The normalized spacial score (nSPS) is 23.0. The molecule has 1 atom stereocenters. The van der Waals surface area contributed by atoms with Gasteiger partial charge in [0.05, 0.1) is 13.2 Å². The van der Waals surface area contributed by atoms with Crippen molar-refractivity contribution < 1.29 is 14.6 Å². The zero-order chi connectivity index (χ0) is 14.8. The molecule has 2 aliphatic heterocycles. The van der Waals surface area contributed by atoms with Gasteiger partial charge < -0.3 is 19.6 Å². The van der Waals surface area contributed by atoms with Gasteiger partial charge in [-0.3, -0.25) is 4.79 Å². The van der Waals surface area contributed by atoms with Crippen LogP contribution in [0.4, 0.5) is 11.4 Å². The van der Waals surface area contributed by atoms with Crippen LogP contribution in [0.3, 0.4) is 0 Å². The van der Waals surface area contributed by atoms with E-state index in [-0.39, 0.29) is 18.4 Å². The van der Waals surface area contributed by atoms with Crippen molar-refractivity contribution in [2.75, 3.05) is 49.3 Å². The van der Waals surface area contributed by atoms with Crippen molar-refractivity contribution in [2.45, 2.75) is 13.3 Å². The summed E-state index contributed by atoms with van der Waals surface area (Å²) in [4.78, 5) is 16.1. The molecule has 1 N–H and O–H groups in total. The van der Waals surface area contributed by atoms with Gasteiger partial charge in [-0.1, -0.05) is 0 Å². The summed E-state index contributed by atoms with van der Waals surface area (Å²) in [5.41, 5.74) is 3.33. The Labute approximate surface area is 125 Å². The van der Waals surface area contributed by atoms with Crippen LogP contribution in [-0.4, -0.2) is 50.5 Å². The number of hydrogen-bond donors (Lipinski definition) is 1. The van der Waals surface area contributed by atoms with E-state index in [1.54, 1.807) is 4.90 Å². The van der Waals surface area contributed by atoms with Gasteiger partial charge in [0.1, 0.15) is 0 Å². The number of hydrogen-bond acceptors (Lipinski definition) is 4. The van der Waals surface area contributed by atoms with Gasteiger partial charge in [0, 0.05) is 50.0 Å². The predicted molar refractivity (Wildman–Crippen MR) is 81.8 cm³/mol. The predicted octanol–water partition coefficient (Wildman–Crippen LogP) is 1.18. The van der Waals surface area contributed by atoms with E-state index in [0.29, 0.717) is 13.0 Å². The molecule has 1 aromatic carbocycles. The van der Waals surface area contributed by atoms with E-state index in [9.17, 15) is 9.90 Å². The number of aryl methyl sites for hydroxylation is 1. The monoisotopic (exact) mass is 290 g/mol. The molecule has 0 bridgehead atoms. The number of aliphatic hydroxyl groups excluding tert-OH is 1. The topological polar surface area (TPSA) is 53.0 Å². The Balaban J connectivity index is 1.79. The van der Waals surface area contributed by atoms with E-state index < -0.39 is 0 Å². The Morgan fingerprint density at radius 2 is 2.10 bits per heavy atom. The summed E-state index contributed by atoms with van der Waals surface area (Å²) in [5.74, 6) is 0.171. The summed E-state index contributed by atoms with van der Waals surface area (Å²) in [6, 6.07) is 6.17. The first-order valence-electron chi connectivity index (χ1n) is 7.53. The molecule has 2 saturated heterocycles. The number of ether oxygens (including phenoxy) is 1. The molecule has 1 unspecified atom stereocenters. The van der Waals surface area contributed by atoms with Crippen LogP contribution in [0.25, 0.3) is 0 Å². The van der Waals surface area contributed by atoms with Gasteiger partial charge in [0.25, 0.3) is 0 Å². The lowest BCUT2D eigenvalue weighted by atomic mass is 10.1. The lowest BCUT2D eigenvalue weighted by Gasteiger charge is -2.30.